The van der Waals surface area contributed by atoms with E-state index < -0.39 is 11.9 Å². The molecule has 0 radical (unpaired) electrons. The van der Waals surface area contributed by atoms with Crippen LogP contribution in [0.25, 0.3) is 5.57 Å². The topological polar surface area (TPSA) is 130 Å². The number of carboxylic acids is 2. The minimum Gasteiger partial charge on any atom is -0.497 e. The van der Waals surface area contributed by atoms with Gasteiger partial charge in [-0.3, -0.25) is 9.59 Å². The molecule has 2 heterocycles. The predicted molar refractivity (Wildman–Crippen MR) is 193 cm³/mol. The van der Waals surface area contributed by atoms with E-state index in [2.05, 4.69) is 67.1 Å². The molecular weight excluding hydrogens is 655 g/mol. The number of methoxy groups -OCH3 is 2. The van der Waals surface area contributed by atoms with Crippen molar-refractivity contribution in [3.8, 4) is 5.75 Å². The molecular formula is C40H39NO8S. The standard InChI is InChI=1S/C19H19NS.C17H16O4.C4H4O4/c1-20-12-10-14(11-13-20)19-15-6-2-4-8-17(15)21-18-9-5-3-7-16(18)19;1-4-13(11-5-7-12(20-2)8-6-11)14-9-16(19)17(21-3)10-15(14)18;5-3(6)1-2-4(7)8/h2-9H,10-13H2,1H3;4-10,13H,1H2,2-3H3;1-2H,(H,5,6)(H,7,8). The third kappa shape index (κ3) is 9.58. The number of ketones is 2. The van der Waals surface area contributed by atoms with Crippen LogP contribution in [0.4, 0.5) is 0 Å². The van der Waals surface area contributed by atoms with E-state index in [0.29, 0.717) is 17.7 Å². The average Bonchev–Trinajstić information content (AvgIpc) is 3.12. The molecule has 0 amide bonds. The number of carbonyl (C=O) groups is 4. The summed E-state index contributed by atoms with van der Waals surface area (Å²) < 4.78 is 9.98. The first kappa shape index (κ1) is 37.4. The van der Waals surface area contributed by atoms with Gasteiger partial charge in [0.1, 0.15) is 5.75 Å². The molecule has 6 rings (SSSR count). The lowest BCUT2D eigenvalue weighted by Crippen LogP contribution is -2.27. The summed E-state index contributed by atoms with van der Waals surface area (Å²) in [6.07, 6.45) is 7.68. The van der Waals surface area contributed by atoms with Crippen molar-refractivity contribution in [1.29, 1.82) is 0 Å². The van der Waals surface area contributed by atoms with Crippen LogP contribution in [0, 0.1) is 0 Å². The minimum atomic E-state index is -1.26. The number of ether oxygens (including phenoxy) is 2. The number of carbonyl (C=O) groups excluding carboxylic acids is 2. The van der Waals surface area contributed by atoms with Crippen molar-refractivity contribution in [1.82, 2.24) is 4.90 Å². The lowest BCUT2D eigenvalue weighted by molar-refractivity contribution is -0.134. The van der Waals surface area contributed by atoms with E-state index >= 15 is 0 Å². The van der Waals surface area contributed by atoms with Crippen molar-refractivity contribution in [3.05, 3.63) is 143 Å². The SMILES string of the molecule is C=CC(C1=CC(=O)C(OC)=CC1=O)c1ccc(OC)cc1.CN1CCC(=C2c3ccccc3Sc3ccccc32)CC1.O=C(O)C=CC(=O)O. The van der Waals surface area contributed by atoms with E-state index in [1.54, 1.807) is 30.9 Å². The number of aliphatic carboxylic acids is 2. The van der Waals surface area contributed by atoms with Crippen LogP contribution in [0.1, 0.15) is 35.4 Å². The van der Waals surface area contributed by atoms with Gasteiger partial charge in [0.15, 0.2) is 11.5 Å². The van der Waals surface area contributed by atoms with Gasteiger partial charge in [-0.15, -0.1) is 6.58 Å². The first-order chi connectivity index (χ1) is 24.1. The molecule has 10 heteroatoms. The average molecular weight is 694 g/mol. The number of likely N-dealkylation sites (tertiary alicyclic amines) is 1. The molecule has 0 saturated carbocycles. The smallest absolute Gasteiger partial charge is 0.328 e. The summed E-state index contributed by atoms with van der Waals surface area (Å²) in [6.45, 7) is 6.12. The van der Waals surface area contributed by atoms with Crippen LogP contribution >= 0.6 is 11.8 Å². The molecule has 1 saturated heterocycles. The van der Waals surface area contributed by atoms with E-state index in [-0.39, 0.29) is 23.2 Å². The van der Waals surface area contributed by atoms with Crippen LogP contribution in [0.3, 0.4) is 0 Å². The molecule has 50 heavy (non-hydrogen) atoms. The van der Waals surface area contributed by atoms with E-state index in [9.17, 15) is 19.2 Å². The second-order valence-electron chi connectivity index (χ2n) is 11.4. The number of hydrogen-bond acceptors (Lipinski definition) is 8. The molecule has 3 aromatic rings. The fourth-order valence-corrected chi connectivity index (χ4v) is 6.75. The summed E-state index contributed by atoms with van der Waals surface area (Å²) >= 11 is 1.91. The molecule has 1 atom stereocenters. The second-order valence-corrected chi connectivity index (χ2v) is 12.5. The highest BCUT2D eigenvalue weighted by atomic mass is 32.2. The van der Waals surface area contributed by atoms with Crippen LogP contribution in [0.2, 0.25) is 0 Å². The van der Waals surface area contributed by atoms with Crippen LogP contribution in [-0.2, 0) is 23.9 Å². The fourth-order valence-electron chi connectivity index (χ4n) is 5.66. The highest BCUT2D eigenvalue weighted by molar-refractivity contribution is 7.99. The van der Waals surface area contributed by atoms with Gasteiger partial charge in [-0.2, -0.15) is 0 Å². The number of fused-ring (bicyclic) bond motifs is 2. The van der Waals surface area contributed by atoms with Gasteiger partial charge in [0.2, 0.25) is 5.78 Å². The van der Waals surface area contributed by atoms with Gasteiger partial charge in [-0.25, -0.2) is 9.59 Å². The van der Waals surface area contributed by atoms with Crippen molar-refractivity contribution in [2.45, 2.75) is 28.6 Å². The Labute approximate surface area is 295 Å². The van der Waals surface area contributed by atoms with E-state index in [1.807, 2.05) is 23.9 Å². The Kier molecular flexibility index (Phi) is 13.3. The molecule has 1 aliphatic carbocycles. The van der Waals surface area contributed by atoms with Crippen LogP contribution in [0.5, 0.6) is 5.75 Å². The Hall–Kier alpha value is -5.45. The third-order valence-corrected chi connectivity index (χ3v) is 9.34. The van der Waals surface area contributed by atoms with Crippen LogP contribution in [0.15, 0.2) is 136 Å². The van der Waals surface area contributed by atoms with Gasteiger partial charge >= 0.3 is 11.9 Å². The summed E-state index contributed by atoms with van der Waals surface area (Å²) in [6, 6.07) is 25.0. The largest absolute Gasteiger partial charge is 0.497 e. The Morgan fingerprint density at radius 1 is 0.800 bits per heavy atom. The molecule has 2 aliphatic heterocycles. The van der Waals surface area contributed by atoms with E-state index in [4.69, 9.17) is 19.7 Å². The first-order valence-corrected chi connectivity index (χ1v) is 16.6. The molecule has 0 bridgehead atoms. The summed E-state index contributed by atoms with van der Waals surface area (Å²) in [5, 5.41) is 15.6. The summed E-state index contributed by atoms with van der Waals surface area (Å²) in [5.74, 6) is -2.63. The number of rotatable bonds is 7. The third-order valence-electron chi connectivity index (χ3n) is 8.19. The van der Waals surface area contributed by atoms with Crippen molar-refractivity contribution < 1.29 is 38.9 Å². The Morgan fingerprint density at radius 3 is 1.82 bits per heavy atom. The van der Waals surface area contributed by atoms with Crippen LogP contribution in [-0.4, -0.2) is 73.0 Å². The van der Waals surface area contributed by atoms with Gasteiger partial charge in [-0.1, -0.05) is 71.9 Å². The number of allylic oxidation sites excluding steroid dienone is 4. The molecule has 3 aliphatic rings. The van der Waals surface area contributed by atoms with Gasteiger partial charge in [-0.05, 0) is 72.5 Å². The molecule has 0 aromatic heterocycles. The molecule has 0 spiro atoms. The fraction of sp³-hybridized carbons (Fsp3) is 0.200. The molecule has 1 unspecified atom stereocenters. The zero-order valence-corrected chi connectivity index (χ0v) is 28.9. The van der Waals surface area contributed by atoms with Crippen molar-refractivity contribution in [2.24, 2.45) is 0 Å². The highest BCUT2D eigenvalue weighted by Gasteiger charge is 2.27. The normalized spacial score (nSPS) is 15.9. The first-order valence-electron chi connectivity index (χ1n) is 15.8. The molecule has 1 fully saturated rings. The number of carboxylic acid groups (broad SMARTS) is 2. The highest BCUT2D eigenvalue weighted by Crippen LogP contribution is 2.47. The van der Waals surface area contributed by atoms with Gasteiger partial charge in [0, 0.05) is 52.6 Å². The van der Waals surface area contributed by atoms with Crippen molar-refractivity contribution in [3.63, 3.8) is 0 Å². The lowest BCUT2D eigenvalue weighted by Gasteiger charge is -2.30. The maximum atomic E-state index is 12.2. The molecule has 258 valence electrons. The van der Waals surface area contributed by atoms with E-state index in [1.165, 1.54) is 71.7 Å². The lowest BCUT2D eigenvalue weighted by atomic mass is 9.85. The number of benzene rings is 3. The minimum absolute atomic E-state index is 0.0568. The predicted octanol–water partition coefficient (Wildman–Crippen LogP) is 6.96. The summed E-state index contributed by atoms with van der Waals surface area (Å²) in [5.41, 5.74) is 7.26. The molecule has 3 aromatic carbocycles. The Balaban J connectivity index is 0.000000186. The number of piperidine rings is 1. The second kappa shape index (κ2) is 17.8. The van der Waals surface area contributed by atoms with E-state index in [0.717, 1.165) is 11.3 Å². The maximum absolute atomic E-state index is 12.2. The monoisotopic (exact) mass is 693 g/mol. The van der Waals surface area contributed by atoms with Crippen molar-refractivity contribution >= 4 is 40.8 Å². The molecule has 9 nitrogen and oxygen atoms in total. The molecule has 2 N–H and O–H groups in total. The summed E-state index contributed by atoms with van der Waals surface area (Å²) in [4.78, 5) is 48.4. The number of hydrogen-bond donors (Lipinski definition) is 2. The van der Waals surface area contributed by atoms with Gasteiger partial charge < -0.3 is 24.6 Å². The summed E-state index contributed by atoms with van der Waals surface area (Å²) in [7, 11) is 5.17. The van der Waals surface area contributed by atoms with Crippen molar-refractivity contribution in [2.75, 3.05) is 34.4 Å². The zero-order chi connectivity index (χ0) is 36.2. The Morgan fingerprint density at radius 2 is 1.34 bits per heavy atom. The van der Waals surface area contributed by atoms with Gasteiger partial charge in [0.25, 0.3) is 0 Å². The van der Waals surface area contributed by atoms with Gasteiger partial charge in [0.05, 0.1) is 14.2 Å². The Bertz CT molecular complexity index is 1810. The number of nitrogens with zero attached hydrogens (tertiary/aromatic N) is 1. The van der Waals surface area contributed by atoms with Crippen LogP contribution < -0.4 is 4.74 Å². The zero-order valence-electron chi connectivity index (χ0n) is 28.1. The quantitative estimate of drug-likeness (QED) is 0.119. The maximum Gasteiger partial charge on any atom is 0.328 e.